The summed E-state index contributed by atoms with van der Waals surface area (Å²) in [6, 6.07) is 9.99. The number of methoxy groups -OCH3 is 3. The van der Waals surface area contributed by atoms with E-state index in [4.69, 9.17) is 31.5 Å². The summed E-state index contributed by atoms with van der Waals surface area (Å²) in [5.41, 5.74) is 9.14. The minimum Gasteiger partial charge on any atom is -0.497 e. The van der Waals surface area contributed by atoms with Gasteiger partial charge in [0.15, 0.2) is 11.5 Å². The van der Waals surface area contributed by atoms with Crippen molar-refractivity contribution in [3.05, 3.63) is 52.0 Å². The first kappa shape index (κ1) is 18.4. The first-order chi connectivity index (χ1) is 11.6. The SMILES string of the molecule is COc1cccc(CCc2c(CCN)cc(Cl)c(OC)c2OC)c1. The molecule has 0 spiro atoms. The highest BCUT2D eigenvalue weighted by atomic mass is 35.5. The zero-order valence-electron chi connectivity index (χ0n) is 14.4. The fraction of sp³-hybridized carbons (Fsp3) is 0.368. The van der Waals surface area contributed by atoms with Crippen LogP contribution in [0.1, 0.15) is 16.7 Å². The van der Waals surface area contributed by atoms with Crippen LogP contribution in [0.2, 0.25) is 5.02 Å². The Bertz CT molecular complexity index is 689. The summed E-state index contributed by atoms with van der Waals surface area (Å²) in [4.78, 5) is 0. The molecule has 0 unspecified atom stereocenters. The lowest BCUT2D eigenvalue weighted by Crippen LogP contribution is -2.09. The highest BCUT2D eigenvalue weighted by molar-refractivity contribution is 6.32. The number of nitrogens with two attached hydrogens (primary N) is 1. The molecule has 0 heterocycles. The van der Waals surface area contributed by atoms with Crippen LogP contribution in [0.5, 0.6) is 17.2 Å². The van der Waals surface area contributed by atoms with Gasteiger partial charge in [-0.25, -0.2) is 0 Å². The largest absolute Gasteiger partial charge is 0.497 e. The van der Waals surface area contributed by atoms with E-state index in [1.807, 2.05) is 24.3 Å². The van der Waals surface area contributed by atoms with Crippen LogP contribution in [0.25, 0.3) is 0 Å². The monoisotopic (exact) mass is 349 g/mol. The van der Waals surface area contributed by atoms with Crippen LogP contribution in [0, 0.1) is 0 Å². The van der Waals surface area contributed by atoms with Crippen LogP contribution < -0.4 is 19.9 Å². The third-order valence-electron chi connectivity index (χ3n) is 4.01. The van der Waals surface area contributed by atoms with E-state index in [0.29, 0.717) is 23.1 Å². The molecule has 24 heavy (non-hydrogen) atoms. The van der Waals surface area contributed by atoms with Crippen LogP contribution >= 0.6 is 11.6 Å². The van der Waals surface area contributed by atoms with Crippen LogP contribution in [0.3, 0.4) is 0 Å². The van der Waals surface area contributed by atoms with Gasteiger partial charge in [-0.2, -0.15) is 0 Å². The van der Waals surface area contributed by atoms with Gasteiger partial charge in [0.1, 0.15) is 5.75 Å². The molecular formula is C19H24ClNO3. The van der Waals surface area contributed by atoms with Crippen molar-refractivity contribution in [2.45, 2.75) is 19.3 Å². The molecule has 2 N–H and O–H groups in total. The second kappa shape index (κ2) is 8.81. The average molecular weight is 350 g/mol. The van der Waals surface area contributed by atoms with Gasteiger partial charge in [-0.05, 0) is 55.1 Å². The van der Waals surface area contributed by atoms with Crippen LogP contribution in [-0.2, 0) is 19.3 Å². The highest BCUT2D eigenvalue weighted by Crippen LogP contribution is 2.40. The summed E-state index contributed by atoms with van der Waals surface area (Å²) < 4.78 is 16.3. The van der Waals surface area contributed by atoms with E-state index < -0.39 is 0 Å². The molecule has 130 valence electrons. The molecular weight excluding hydrogens is 326 g/mol. The zero-order chi connectivity index (χ0) is 17.5. The Labute approximate surface area is 148 Å². The van der Waals surface area contributed by atoms with E-state index >= 15 is 0 Å². The first-order valence-electron chi connectivity index (χ1n) is 7.89. The van der Waals surface area contributed by atoms with Gasteiger partial charge in [0.25, 0.3) is 0 Å². The van der Waals surface area contributed by atoms with Gasteiger partial charge in [0, 0.05) is 5.56 Å². The van der Waals surface area contributed by atoms with Crippen molar-refractivity contribution < 1.29 is 14.2 Å². The van der Waals surface area contributed by atoms with Crippen LogP contribution in [0.4, 0.5) is 0 Å². The maximum Gasteiger partial charge on any atom is 0.179 e. The molecule has 0 atom stereocenters. The fourth-order valence-corrected chi connectivity index (χ4v) is 3.15. The lowest BCUT2D eigenvalue weighted by molar-refractivity contribution is 0.351. The van der Waals surface area contributed by atoms with Gasteiger partial charge in [0.2, 0.25) is 0 Å². The molecule has 0 saturated carbocycles. The summed E-state index contributed by atoms with van der Waals surface area (Å²) in [5, 5.41) is 0.544. The van der Waals surface area contributed by atoms with E-state index in [0.717, 1.165) is 36.1 Å². The third kappa shape index (κ3) is 4.13. The smallest absolute Gasteiger partial charge is 0.179 e. The Balaban J connectivity index is 2.35. The fourth-order valence-electron chi connectivity index (χ4n) is 2.85. The standard InChI is InChI=1S/C19H24ClNO3/c1-22-15-6-4-5-13(11-15)7-8-16-14(9-10-21)12-17(20)19(24-3)18(16)23-2/h4-6,11-12H,7-10,21H2,1-3H3. The van der Waals surface area contributed by atoms with Crippen molar-refractivity contribution in [3.8, 4) is 17.2 Å². The predicted molar refractivity (Wildman–Crippen MR) is 97.7 cm³/mol. The van der Waals surface area contributed by atoms with Gasteiger partial charge >= 0.3 is 0 Å². The van der Waals surface area contributed by atoms with Crippen LogP contribution in [-0.4, -0.2) is 27.9 Å². The summed E-state index contributed by atoms with van der Waals surface area (Å²) in [7, 11) is 4.90. The average Bonchev–Trinajstić information content (AvgIpc) is 2.60. The van der Waals surface area contributed by atoms with Gasteiger partial charge in [-0.3, -0.25) is 0 Å². The molecule has 4 nitrogen and oxygen atoms in total. The highest BCUT2D eigenvalue weighted by Gasteiger charge is 2.18. The van der Waals surface area contributed by atoms with Gasteiger partial charge in [-0.1, -0.05) is 23.7 Å². The Morgan fingerprint density at radius 3 is 2.29 bits per heavy atom. The Kier molecular flexibility index (Phi) is 6.76. The molecule has 2 aromatic rings. The van der Waals surface area contributed by atoms with Crippen molar-refractivity contribution in [2.24, 2.45) is 5.73 Å². The molecule has 0 fully saturated rings. The number of rotatable bonds is 8. The molecule has 0 amide bonds. The maximum absolute atomic E-state index is 6.32. The quantitative estimate of drug-likeness (QED) is 0.790. The molecule has 0 aliphatic carbocycles. The number of hydrogen-bond donors (Lipinski definition) is 1. The Morgan fingerprint density at radius 1 is 0.917 bits per heavy atom. The van der Waals surface area contributed by atoms with Crippen molar-refractivity contribution >= 4 is 11.6 Å². The summed E-state index contributed by atoms with van der Waals surface area (Å²) in [6.07, 6.45) is 2.41. The minimum atomic E-state index is 0.544. The summed E-state index contributed by atoms with van der Waals surface area (Å²) >= 11 is 6.32. The summed E-state index contributed by atoms with van der Waals surface area (Å²) in [6.45, 7) is 0.554. The van der Waals surface area contributed by atoms with Crippen molar-refractivity contribution in [1.82, 2.24) is 0 Å². The van der Waals surface area contributed by atoms with E-state index in [1.165, 1.54) is 5.56 Å². The molecule has 0 radical (unpaired) electrons. The summed E-state index contributed by atoms with van der Waals surface area (Å²) in [5.74, 6) is 2.12. The minimum absolute atomic E-state index is 0.544. The van der Waals surface area contributed by atoms with Gasteiger partial charge in [-0.15, -0.1) is 0 Å². The van der Waals surface area contributed by atoms with E-state index in [-0.39, 0.29) is 0 Å². The molecule has 0 bridgehead atoms. The maximum atomic E-state index is 6.32. The molecule has 0 saturated heterocycles. The van der Waals surface area contributed by atoms with Gasteiger partial charge in [0.05, 0.1) is 26.4 Å². The predicted octanol–water partition coefficient (Wildman–Crippen LogP) is 3.65. The van der Waals surface area contributed by atoms with Crippen molar-refractivity contribution in [3.63, 3.8) is 0 Å². The molecule has 5 heteroatoms. The van der Waals surface area contributed by atoms with Crippen molar-refractivity contribution in [1.29, 1.82) is 0 Å². The molecule has 0 aliphatic rings. The Hall–Kier alpha value is -1.91. The first-order valence-corrected chi connectivity index (χ1v) is 8.27. The molecule has 0 aliphatic heterocycles. The van der Waals surface area contributed by atoms with Crippen molar-refractivity contribution in [2.75, 3.05) is 27.9 Å². The van der Waals surface area contributed by atoms with E-state index in [2.05, 4.69) is 6.07 Å². The molecule has 0 aromatic heterocycles. The van der Waals surface area contributed by atoms with E-state index in [1.54, 1.807) is 21.3 Å². The van der Waals surface area contributed by atoms with Crippen LogP contribution in [0.15, 0.2) is 30.3 Å². The second-order valence-corrected chi connectivity index (χ2v) is 5.86. The number of halogens is 1. The lowest BCUT2D eigenvalue weighted by Gasteiger charge is -2.18. The van der Waals surface area contributed by atoms with E-state index in [9.17, 15) is 0 Å². The molecule has 2 rings (SSSR count). The zero-order valence-corrected chi connectivity index (χ0v) is 15.2. The number of benzene rings is 2. The lowest BCUT2D eigenvalue weighted by atomic mass is 9.96. The second-order valence-electron chi connectivity index (χ2n) is 5.45. The number of hydrogen-bond acceptors (Lipinski definition) is 4. The topological polar surface area (TPSA) is 53.7 Å². The Morgan fingerprint density at radius 2 is 1.67 bits per heavy atom. The van der Waals surface area contributed by atoms with Gasteiger partial charge < -0.3 is 19.9 Å². The number of aryl methyl sites for hydroxylation is 1. The third-order valence-corrected chi connectivity index (χ3v) is 4.29. The normalized spacial score (nSPS) is 10.5. The number of ether oxygens (including phenoxy) is 3. The molecule has 2 aromatic carbocycles.